The van der Waals surface area contributed by atoms with Crippen LogP contribution in [0.5, 0.6) is 11.5 Å². The van der Waals surface area contributed by atoms with E-state index in [0.717, 1.165) is 38.5 Å². The van der Waals surface area contributed by atoms with Crippen LogP contribution in [0.3, 0.4) is 0 Å². The van der Waals surface area contributed by atoms with Crippen LogP contribution in [0.2, 0.25) is 0 Å². The summed E-state index contributed by atoms with van der Waals surface area (Å²) < 4.78 is 11.4. The first kappa shape index (κ1) is 33.0. The molecule has 3 rings (SSSR count). The highest BCUT2D eigenvalue weighted by atomic mass is 16.5. The van der Waals surface area contributed by atoms with E-state index in [4.69, 9.17) is 9.47 Å². The lowest BCUT2D eigenvalue weighted by molar-refractivity contribution is 0.0973. The van der Waals surface area contributed by atoms with E-state index < -0.39 is 12.2 Å². The Kier molecular flexibility index (Phi) is 14.3. The summed E-state index contributed by atoms with van der Waals surface area (Å²) in [5.41, 5.74) is 1.82. The zero-order valence-electron chi connectivity index (χ0n) is 25.1. The molecule has 2 atom stereocenters. The molecule has 0 radical (unpaired) electrons. The molecule has 0 bridgehead atoms. The van der Waals surface area contributed by atoms with Crippen molar-refractivity contribution in [2.45, 2.75) is 90.3 Å². The van der Waals surface area contributed by atoms with Crippen molar-refractivity contribution in [2.75, 3.05) is 13.2 Å². The maximum Gasteiger partial charge on any atom is 0.193 e. The van der Waals surface area contributed by atoms with Gasteiger partial charge in [-0.25, -0.2) is 0 Å². The molecule has 0 aliphatic rings. The van der Waals surface area contributed by atoms with Crippen molar-refractivity contribution in [1.82, 2.24) is 0 Å². The molecule has 0 saturated carbocycles. The molecule has 0 spiro atoms. The Morgan fingerprint density at radius 2 is 0.976 bits per heavy atom. The summed E-state index contributed by atoms with van der Waals surface area (Å²) in [4.78, 5) is 26.3. The van der Waals surface area contributed by atoms with Crippen LogP contribution in [0.4, 0.5) is 0 Å². The van der Waals surface area contributed by atoms with Crippen LogP contribution in [-0.2, 0) is 0 Å². The van der Waals surface area contributed by atoms with Gasteiger partial charge in [0.25, 0.3) is 0 Å². The third-order valence-corrected chi connectivity index (χ3v) is 7.29. The van der Waals surface area contributed by atoms with Gasteiger partial charge < -0.3 is 19.7 Å². The molecular formula is C36H46O6. The van der Waals surface area contributed by atoms with Crippen LogP contribution in [0, 0.1) is 0 Å². The highest BCUT2D eigenvalue weighted by molar-refractivity contribution is 6.13. The fourth-order valence-electron chi connectivity index (χ4n) is 4.71. The summed E-state index contributed by atoms with van der Waals surface area (Å²) in [7, 11) is 0. The van der Waals surface area contributed by atoms with Crippen molar-refractivity contribution in [1.29, 1.82) is 0 Å². The monoisotopic (exact) mass is 574 g/mol. The van der Waals surface area contributed by atoms with Crippen molar-refractivity contribution in [3.05, 3.63) is 95.1 Å². The van der Waals surface area contributed by atoms with Crippen LogP contribution in [0.25, 0.3) is 0 Å². The summed E-state index contributed by atoms with van der Waals surface area (Å²) in [6.07, 6.45) is 9.28. The second kappa shape index (κ2) is 18.1. The Bertz CT molecular complexity index is 1130. The Morgan fingerprint density at radius 1 is 0.571 bits per heavy atom. The number of ketones is 2. The molecule has 0 aliphatic carbocycles. The fourth-order valence-corrected chi connectivity index (χ4v) is 4.71. The molecule has 0 heterocycles. The van der Waals surface area contributed by atoms with Gasteiger partial charge >= 0.3 is 0 Å². The molecule has 3 aromatic rings. The van der Waals surface area contributed by atoms with Gasteiger partial charge in [0.05, 0.1) is 12.2 Å². The van der Waals surface area contributed by atoms with Crippen molar-refractivity contribution in [2.24, 2.45) is 0 Å². The molecule has 0 aliphatic heterocycles. The molecule has 0 amide bonds. The number of hydrogen-bond acceptors (Lipinski definition) is 6. The predicted octanol–water partition coefficient (Wildman–Crippen LogP) is 7.57. The Hall–Kier alpha value is -3.48. The smallest absolute Gasteiger partial charge is 0.193 e. The van der Waals surface area contributed by atoms with Gasteiger partial charge in [-0.05, 0) is 67.4 Å². The third-order valence-electron chi connectivity index (χ3n) is 7.29. The predicted molar refractivity (Wildman–Crippen MR) is 167 cm³/mol. The SMILES string of the molecule is CCCCCCC(O)COc1ccc(C(=O)c2cccc(C(=O)c3ccc(OCC(O)CCCCCC)cc3)c2)cc1. The van der Waals surface area contributed by atoms with Gasteiger partial charge in [0, 0.05) is 22.3 Å². The molecule has 2 N–H and O–H groups in total. The molecule has 0 fully saturated rings. The molecule has 6 nitrogen and oxygen atoms in total. The average molecular weight is 575 g/mol. The average Bonchev–Trinajstić information content (AvgIpc) is 3.03. The number of rotatable bonds is 20. The standard InChI is InChI=1S/C36H46O6/c1-3-5-7-9-14-31(37)25-41-33-20-16-27(17-21-33)35(39)29-12-11-13-30(24-29)36(40)28-18-22-34(23-19-28)42-26-32(38)15-10-8-6-4-2/h11-13,16-24,31-32,37-38H,3-10,14-15,25-26H2,1-2H3. The van der Waals surface area contributed by atoms with Crippen LogP contribution >= 0.6 is 0 Å². The van der Waals surface area contributed by atoms with Crippen molar-refractivity contribution in [3.8, 4) is 11.5 Å². The van der Waals surface area contributed by atoms with Gasteiger partial charge in [0.2, 0.25) is 0 Å². The second-order valence-corrected chi connectivity index (χ2v) is 10.9. The normalized spacial score (nSPS) is 12.5. The topological polar surface area (TPSA) is 93.1 Å². The third kappa shape index (κ3) is 11.1. The minimum absolute atomic E-state index is 0.191. The van der Waals surface area contributed by atoms with Gasteiger partial charge in [-0.1, -0.05) is 83.4 Å². The molecule has 0 saturated heterocycles. The number of ether oxygens (including phenoxy) is 2. The molecule has 6 heteroatoms. The number of carbonyl (C=O) groups excluding carboxylic acids is 2. The number of carbonyl (C=O) groups is 2. The molecule has 0 aromatic heterocycles. The van der Waals surface area contributed by atoms with E-state index in [1.807, 2.05) is 0 Å². The Labute approximate surface area is 250 Å². The summed E-state index contributed by atoms with van der Waals surface area (Å²) >= 11 is 0. The number of aliphatic hydroxyl groups excluding tert-OH is 2. The van der Waals surface area contributed by atoms with Crippen LogP contribution in [0.1, 0.15) is 110 Å². The Morgan fingerprint density at radius 3 is 1.36 bits per heavy atom. The lowest BCUT2D eigenvalue weighted by Crippen LogP contribution is -2.17. The quantitative estimate of drug-likeness (QED) is 0.107. The highest BCUT2D eigenvalue weighted by Crippen LogP contribution is 2.20. The van der Waals surface area contributed by atoms with E-state index in [1.165, 1.54) is 12.8 Å². The van der Waals surface area contributed by atoms with E-state index in [-0.39, 0.29) is 24.8 Å². The number of benzene rings is 3. The largest absolute Gasteiger partial charge is 0.491 e. The van der Waals surface area contributed by atoms with E-state index >= 15 is 0 Å². The number of unbranched alkanes of at least 4 members (excludes halogenated alkanes) is 6. The van der Waals surface area contributed by atoms with Crippen LogP contribution in [-0.4, -0.2) is 47.2 Å². The van der Waals surface area contributed by atoms with Gasteiger partial charge in [-0.3, -0.25) is 9.59 Å². The zero-order chi connectivity index (χ0) is 30.2. The maximum atomic E-state index is 13.1. The molecule has 226 valence electrons. The van der Waals surface area contributed by atoms with Gasteiger partial charge in [-0.15, -0.1) is 0 Å². The lowest BCUT2D eigenvalue weighted by atomic mass is 9.97. The molecular weight excluding hydrogens is 528 g/mol. The summed E-state index contributed by atoms with van der Waals surface area (Å²) in [5, 5.41) is 20.3. The summed E-state index contributed by atoms with van der Waals surface area (Å²) in [6.45, 7) is 4.76. The van der Waals surface area contributed by atoms with E-state index in [2.05, 4.69) is 13.8 Å². The minimum atomic E-state index is -0.509. The van der Waals surface area contributed by atoms with Gasteiger partial charge in [-0.2, -0.15) is 0 Å². The first-order chi connectivity index (χ1) is 20.4. The second-order valence-electron chi connectivity index (χ2n) is 10.9. The van der Waals surface area contributed by atoms with Crippen molar-refractivity contribution < 1.29 is 29.3 Å². The van der Waals surface area contributed by atoms with Crippen LogP contribution < -0.4 is 9.47 Å². The minimum Gasteiger partial charge on any atom is -0.491 e. The first-order valence-electron chi connectivity index (χ1n) is 15.4. The molecule has 42 heavy (non-hydrogen) atoms. The van der Waals surface area contributed by atoms with Crippen molar-refractivity contribution in [3.63, 3.8) is 0 Å². The van der Waals surface area contributed by atoms with Crippen LogP contribution in [0.15, 0.2) is 72.8 Å². The zero-order valence-corrected chi connectivity index (χ0v) is 25.1. The first-order valence-corrected chi connectivity index (χ1v) is 15.4. The molecule has 2 unspecified atom stereocenters. The van der Waals surface area contributed by atoms with Gasteiger partial charge in [0.15, 0.2) is 11.6 Å². The summed E-state index contributed by atoms with van der Waals surface area (Å²) in [6, 6.07) is 20.4. The maximum absolute atomic E-state index is 13.1. The number of hydrogen-bond donors (Lipinski definition) is 2. The van der Waals surface area contributed by atoms with E-state index in [1.54, 1.807) is 72.8 Å². The van der Waals surface area contributed by atoms with E-state index in [0.29, 0.717) is 46.6 Å². The summed E-state index contributed by atoms with van der Waals surface area (Å²) in [5.74, 6) is 0.808. The molecule has 3 aromatic carbocycles. The fraction of sp³-hybridized carbons (Fsp3) is 0.444. The highest BCUT2D eigenvalue weighted by Gasteiger charge is 2.15. The number of aliphatic hydroxyl groups is 2. The Balaban J connectivity index is 1.52. The van der Waals surface area contributed by atoms with Crippen molar-refractivity contribution >= 4 is 11.6 Å². The van der Waals surface area contributed by atoms with E-state index in [9.17, 15) is 19.8 Å². The lowest BCUT2D eigenvalue weighted by Gasteiger charge is -2.13. The van der Waals surface area contributed by atoms with Gasteiger partial charge in [0.1, 0.15) is 24.7 Å².